The highest BCUT2D eigenvalue weighted by Crippen LogP contribution is 2.50. The van der Waals surface area contributed by atoms with Crippen LogP contribution in [0.3, 0.4) is 0 Å². The van der Waals surface area contributed by atoms with Crippen LogP contribution < -0.4 is 16.2 Å². The highest BCUT2D eigenvalue weighted by molar-refractivity contribution is 5.94. The molecule has 37 heavy (non-hydrogen) atoms. The van der Waals surface area contributed by atoms with Gasteiger partial charge in [0.05, 0.1) is 5.69 Å². The largest absolute Gasteiger partial charge is 0.342 e. The number of nitrogens with one attached hydrogen (secondary N) is 2. The van der Waals surface area contributed by atoms with Gasteiger partial charge < -0.3 is 10.6 Å². The van der Waals surface area contributed by atoms with Gasteiger partial charge in [0.25, 0.3) is 5.56 Å². The predicted molar refractivity (Wildman–Crippen MR) is 144 cm³/mol. The zero-order valence-corrected chi connectivity index (χ0v) is 21.2. The number of hydrogen-bond donors (Lipinski definition) is 3. The minimum atomic E-state index is -0.176. The topological polar surface area (TPSA) is 117 Å². The van der Waals surface area contributed by atoms with Crippen LogP contribution in [0.25, 0.3) is 16.6 Å². The van der Waals surface area contributed by atoms with Crippen LogP contribution in [0, 0.1) is 5.41 Å². The van der Waals surface area contributed by atoms with Gasteiger partial charge in [-0.3, -0.25) is 19.9 Å². The quantitative estimate of drug-likeness (QED) is 0.389. The summed E-state index contributed by atoms with van der Waals surface area (Å²) in [6, 6.07) is 12.6. The van der Waals surface area contributed by atoms with E-state index in [1.807, 2.05) is 12.3 Å². The number of nitrogens with zero attached hydrogens (tertiary/aromatic N) is 4. The van der Waals surface area contributed by atoms with Crippen molar-refractivity contribution in [2.75, 3.05) is 18.0 Å². The number of H-pyrrole nitrogens is 2. The molecule has 1 aliphatic heterocycles. The fourth-order valence-corrected chi connectivity index (χ4v) is 6.69. The van der Waals surface area contributed by atoms with E-state index in [2.05, 4.69) is 75.3 Å². The number of benzene rings is 1. The maximum absolute atomic E-state index is 13.4. The number of anilines is 1. The van der Waals surface area contributed by atoms with Crippen molar-refractivity contribution < 1.29 is 0 Å². The van der Waals surface area contributed by atoms with Crippen molar-refractivity contribution in [1.29, 1.82) is 0 Å². The normalized spacial score (nSPS) is 21.6. The van der Waals surface area contributed by atoms with Gasteiger partial charge in [0.15, 0.2) is 5.65 Å². The summed E-state index contributed by atoms with van der Waals surface area (Å²) in [6.07, 6.45) is 7.77. The molecule has 0 bridgehead atoms. The summed E-state index contributed by atoms with van der Waals surface area (Å²) < 4.78 is 0. The monoisotopic (exact) mass is 493 g/mol. The van der Waals surface area contributed by atoms with Crippen LogP contribution in [-0.2, 0) is 11.8 Å². The second-order valence-corrected chi connectivity index (χ2v) is 11.5. The highest BCUT2D eigenvalue weighted by atomic mass is 16.1. The molecule has 0 amide bonds. The fourth-order valence-electron chi connectivity index (χ4n) is 6.69. The van der Waals surface area contributed by atoms with E-state index < -0.39 is 0 Å². The Labute approximate surface area is 215 Å². The summed E-state index contributed by atoms with van der Waals surface area (Å²) in [5.74, 6) is 0.590. The molecule has 188 valence electrons. The molecule has 0 radical (unpaired) electrons. The Balaban J connectivity index is 1.19. The van der Waals surface area contributed by atoms with Crippen molar-refractivity contribution in [3.05, 3.63) is 87.1 Å². The molecule has 7 rings (SSSR count). The average Bonchev–Trinajstić information content (AvgIpc) is 3.44. The van der Waals surface area contributed by atoms with Crippen molar-refractivity contribution in [3.8, 4) is 0 Å². The van der Waals surface area contributed by atoms with Crippen LogP contribution in [0.4, 0.5) is 5.95 Å². The van der Waals surface area contributed by atoms with Gasteiger partial charge in [0.1, 0.15) is 11.1 Å². The van der Waals surface area contributed by atoms with Crippen molar-refractivity contribution in [1.82, 2.24) is 25.1 Å². The van der Waals surface area contributed by atoms with E-state index in [0.29, 0.717) is 22.7 Å². The van der Waals surface area contributed by atoms with Gasteiger partial charge in [-0.15, -0.1) is 0 Å². The van der Waals surface area contributed by atoms with E-state index in [0.717, 1.165) is 55.6 Å². The molecule has 1 aromatic carbocycles. The third-order valence-electron chi connectivity index (χ3n) is 8.88. The zero-order valence-electron chi connectivity index (χ0n) is 21.2. The first-order valence-electron chi connectivity index (χ1n) is 13.1. The highest BCUT2D eigenvalue weighted by Gasteiger charge is 2.46. The third-order valence-corrected chi connectivity index (χ3v) is 8.88. The van der Waals surface area contributed by atoms with E-state index in [9.17, 15) is 4.79 Å². The molecule has 4 N–H and O–H groups in total. The van der Waals surface area contributed by atoms with Crippen LogP contribution >= 0.6 is 0 Å². The predicted octanol–water partition coefficient (Wildman–Crippen LogP) is 4.00. The summed E-state index contributed by atoms with van der Waals surface area (Å²) in [7, 11) is 0. The van der Waals surface area contributed by atoms with Gasteiger partial charge >= 0.3 is 0 Å². The first-order chi connectivity index (χ1) is 17.9. The molecule has 3 aromatic heterocycles. The Morgan fingerprint density at radius 3 is 2.73 bits per heavy atom. The lowest BCUT2D eigenvalue weighted by Crippen LogP contribution is -2.45. The first kappa shape index (κ1) is 22.4. The summed E-state index contributed by atoms with van der Waals surface area (Å²) in [5.41, 5.74) is 13.4. The van der Waals surface area contributed by atoms with E-state index in [-0.39, 0.29) is 22.4 Å². The van der Waals surface area contributed by atoms with Gasteiger partial charge in [-0.05, 0) is 48.3 Å². The number of piperidine rings is 1. The second kappa shape index (κ2) is 7.86. The fraction of sp³-hybridized carbons (Fsp3) is 0.379. The van der Waals surface area contributed by atoms with Crippen molar-refractivity contribution in [3.63, 3.8) is 0 Å². The lowest BCUT2D eigenvalue weighted by Gasteiger charge is -2.42. The molecular weight excluding hydrogens is 462 g/mol. The van der Waals surface area contributed by atoms with E-state index in [4.69, 9.17) is 10.7 Å². The number of allylic oxidation sites excluding steroid dienone is 1. The van der Waals surface area contributed by atoms with E-state index in [1.54, 1.807) is 0 Å². The molecule has 2 aliphatic carbocycles. The van der Waals surface area contributed by atoms with Crippen LogP contribution in [-0.4, -0.2) is 38.2 Å². The number of aromatic nitrogens is 5. The minimum absolute atomic E-state index is 0.0571. The average molecular weight is 494 g/mol. The smallest absolute Gasteiger partial charge is 0.264 e. The van der Waals surface area contributed by atoms with Gasteiger partial charge in [0, 0.05) is 41.9 Å². The Bertz CT molecular complexity index is 1620. The molecule has 1 saturated heterocycles. The number of hydrogen-bond acceptors (Lipinski definition) is 6. The second-order valence-electron chi connectivity index (χ2n) is 11.5. The summed E-state index contributed by atoms with van der Waals surface area (Å²) >= 11 is 0. The van der Waals surface area contributed by atoms with Gasteiger partial charge in [-0.2, -0.15) is 10.1 Å². The summed E-state index contributed by atoms with van der Waals surface area (Å²) in [6.45, 7) is 5.98. The molecule has 1 spiro atoms. The number of pyridine rings is 1. The Kier molecular flexibility index (Phi) is 4.76. The van der Waals surface area contributed by atoms with Crippen LogP contribution in [0.2, 0.25) is 0 Å². The molecular formula is C29H31N7O. The SMILES string of the molecule is CC1(C)CC=C(c2n[nH]c3nc(N4CCC5(CC4)Cc4ccccc4C5N)[nH]c(=O)c23)c2cccnc21. The molecule has 1 atom stereocenters. The third kappa shape index (κ3) is 3.31. The van der Waals surface area contributed by atoms with E-state index >= 15 is 0 Å². The summed E-state index contributed by atoms with van der Waals surface area (Å²) in [4.78, 5) is 28.1. The Morgan fingerprint density at radius 2 is 1.92 bits per heavy atom. The number of rotatable bonds is 2. The molecule has 3 aliphatic rings. The standard InChI is InChI=1S/C29H31N7O/c1-28(2)10-9-19(20-8-5-13-31-24(20)28)22-21-25(35-34-22)32-27(33-26(21)37)36-14-11-29(12-15-36)16-17-6-3-4-7-18(17)23(29)30/h3-9,13,23H,10-12,14-16,30H2,1-2H3,(H2,32,33,34,35,37). The van der Waals surface area contributed by atoms with Crippen molar-refractivity contribution >= 4 is 22.6 Å². The molecule has 8 heteroatoms. The zero-order chi connectivity index (χ0) is 25.4. The summed E-state index contributed by atoms with van der Waals surface area (Å²) in [5, 5.41) is 8.09. The molecule has 0 saturated carbocycles. The van der Waals surface area contributed by atoms with Crippen molar-refractivity contribution in [2.45, 2.75) is 51.0 Å². The van der Waals surface area contributed by atoms with Gasteiger partial charge in [-0.1, -0.05) is 50.3 Å². The maximum Gasteiger partial charge on any atom is 0.264 e. The first-order valence-corrected chi connectivity index (χ1v) is 13.1. The van der Waals surface area contributed by atoms with Gasteiger partial charge in [-0.25, -0.2) is 0 Å². The minimum Gasteiger partial charge on any atom is -0.342 e. The number of fused-ring (bicyclic) bond motifs is 3. The Hall–Kier alpha value is -3.78. The van der Waals surface area contributed by atoms with Crippen molar-refractivity contribution in [2.24, 2.45) is 11.1 Å². The van der Waals surface area contributed by atoms with Crippen LogP contribution in [0.1, 0.15) is 67.2 Å². The molecule has 1 fully saturated rings. The van der Waals surface area contributed by atoms with Crippen LogP contribution in [0.15, 0.2) is 53.5 Å². The lowest BCUT2D eigenvalue weighted by molar-refractivity contribution is 0.187. The maximum atomic E-state index is 13.4. The number of nitrogens with two attached hydrogens (primary N) is 1. The van der Waals surface area contributed by atoms with Gasteiger partial charge in [0.2, 0.25) is 5.95 Å². The lowest BCUT2D eigenvalue weighted by atomic mass is 9.73. The molecule has 4 heterocycles. The molecule has 1 unspecified atom stereocenters. The van der Waals surface area contributed by atoms with Crippen LogP contribution in [0.5, 0.6) is 0 Å². The molecule has 4 aromatic rings. The number of aromatic amines is 2. The molecule has 8 nitrogen and oxygen atoms in total. The Morgan fingerprint density at radius 1 is 1.11 bits per heavy atom. The van der Waals surface area contributed by atoms with E-state index in [1.165, 1.54) is 11.1 Å².